The molecule has 0 heterocycles. The highest BCUT2D eigenvalue weighted by Crippen LogP contribution is 2.38. The van der Waals surface area contributed by atoms with Gasteiger partial charge in [0, 0.05) is 21.1 Å². The fourth-order valence-electron chi connectivity index (χ4n) is 2.05. The van der Waals surface area contributed by atoms with E-state index in [0.717, 1.165) is 10.0 Å². The van der Waals surface area contributed by atoms with E-state index in [4.69, 9.17) is 38.4 Å². The van der Waals surface area contributed by atoms with Gasteiger partial charge in [-0.3, -0.25) is 0 Å². The number of hydrogen-bond acceptors (Lipinski definition) is 3. The third-order valence-corrected chi connectivity index (χ3v) is 4.25. The minimum absolute atomic E-state index is 0.455. The van der Waals surface area contributed by atoms with Crippen molar-refractivity contribution >= 4 is 39.1 Å². The van der Waals surface area contributed by atoms with Crippen molar-refractivity contribution in [2.24, 2.45) is 5.73 Å². The molecule has 0 aromatic heterocycles. The Bertz CT molecular complexity index is 664. The Morgan fingerprint density at radius 2 is 1.62 bits per heavy atom. The van der Waals surface area contributed by atoms with E-state index < -0.39 is 6.04 Å². The van der Waals surface area contributed by atoms with Gasteiger partial charge in [0.25, 0.3) is 0 Å². The van der Waals surface area contributed by atoms with Crippen molar-refractivity contribution in [3.8, 4) is 11.5 Å². The van der Waals surface area contributed by atoms with Crippen LogP contribution in [0.25, 0.3) is 0 Å². The second kappa shape index (κ2) is 6.88. The average molecular weight is 391 g/mol. The first-order valence-corrected chi connectivity index (χ1v) is 7.64. The van der Waals surface area contributed by atoms with Crippen LogP contribution in [0.2, 0.25) is 10.0 Å². The monoisotopic (exact) mass is 389 g/mol. The molecule has 1 atom stereocenters. The minimum Gasteiger partial charge on any atom is -0.496 e. The van der Waals surface area contributed by atoms with Gasteiger partial charge in [-0.1, -0.05) is 45.2 Å². The third kappa shape index (κ3) is 3.46. The number of ether oxygens (including phenoxy) is 2. The van der Waals surface area contributed by atoms with Crippen LogP contribution in [0.4, 0.5) is 0 Å². The van der Waals surface area contributed by atoms with Gasteiger partial charge in [-0.05, 0) is 23.8 Å². The smallest absolute Gasteiger partial charge is 0.138 e. The van der Waals surface area contributed by atoms with Crippen LogP contribution in [-0.2, 0) is 0 Å². The molecule has 2 aromatic rings. The second-order valence-electron chi connectivity index (χ2n) is 4.37. The lowest BCUT2D eigenvalue weighted by molar-refractivity contribution is 0.407. The fraction of sp³-hybridized carbons (Fsp3) is 0.200. The van der Waals surface area contributed by atoms with Crippen LogP contribution < -0.4 is 15.2 Å². The summed E-state index contributed by atoms with van der Waals surface area (Å²) < 4.78 is 11.4. The zero-order valence-electron chi connectivity index (χ0n) is 11.5. The molecule has 0 bridgehead atoms. The first-order chi connectivity index (χ1) is 9.97. The minimum atomic E-state index is -0.455. The molecule has 0 radical (unpaired) electrons. The van der Waals surface area contributed by atoms with Crippen LogP contribution >= 0.6 is 39.1 Å². The van der Waals surface area contributed by atoms with E-state index in [1.165, 1.54) is 7.11 Å². The van der Waals surface area contributed by atoms with Crippen LogP contribution in [-0.4, -0.2) is 14.2 Å². The first-order valence-electron chi connectivity index (χ1n) is 6.10. The maximum atomic E-state index is 6.32. The molecular weight excluding hydrogens is 377 g/mol. The summed E-state index contributed by atoms with van der Waals surface area (Å²) in [6.45, 7) is 0. The SMILES string of the molecule is COc1cc(Cl)c(C(N)c2ccc(Br)cc2OC)cc1Cl. The van der Waals surface area contributed by atoms with Crippen LogP contribution in [0, 0.1) is 0 Å². The number of nitrogens with two attached hydrogens (primary N) is 1. The van der Waals surface area contributed by atoms with Gasteiger partial charge in [0.05, 0.1) is 25.3 Å². The summed E-state index contributed by atoms with van der Waals surface area (Å²) in [5.74, 6) is 1.19. The van der Waals surface area contributed by atoms with E-state index >= 15 is 0 Å². The average Bonchev–Trinajstić information content (AvgIpc) is 2.48. The van der Waals surface area contributed by atoms with E-state index in [2.05, 4.69) is 15.9 Å². The quantitative estimate of drug-likeness (QED) is 0.813. The Kier molecular flexibility index (Phi) is 5.38. The van der Waals surface area contributed by atoms with Gasteiger partial charge < -0.3 is 15.2 Å². The van der Waals surface area contributed by atoms with Gasteiger partial charge in [-0.15, -0.1) is 0 Å². The molecule has 2 rings (SSSR count). The van der Waals surface area contributed by atoms with Crippen LogP contribution in [0.15, 0.2) is 34.8 Å². The number of methoxy groups -OCH3 is 2. The number of benzene rings is 2. The van der Waals surface area contributed by atoms with Gasteiger partial charge in [0.1, 0.15) is 11.5 Å². The van der Waals surface area contributed by atoms with Crippen LogP contribution in [0.1, 0.15) is 17.2 Å². The molecule has 0 aliphatic heterocycles. The van der Waals surface area contributed by atoms with Crippen molar-refractivity contribution in [1.82, 2.24) is 0 Å². The van der Waals surface area contributed by atoms with Gasteiger partial charge >= 0.3 is 0 Å². The molecule has 3 nitrogen and oxygen atoms in total. The van der Waals surface area contributed by atoms with Crippen molar-refractivity contribution in [2.75, 3.05) is 14.2 Å². The second-order valence-corrected chi connectivity index (χ2v) is 6.10. The number of rotatable bonds is 4. The largest absolute Gasteiger partial charge is 0.496 e. The molecule has 1 unspecified atom stereocenters. The van der Waals surface area contributed by atoms with Gasteiger partial charge in [0.15, 0.2) is 0 Å². The molecule has 0 amide bonds. The summed E-state index contributed by atoms with van der Waals surface area (Å²) in [5, 5.41) is 0.956. The molecule has 0 aliphatic rings. The summed E-state index contributed by atoms with van der Waals surface area (Å²) >= 11 is 15.8. The molecule has 0 saturated carbocycles. The normalized spacial score (nSPS) is 12.1. The summed E-state index contributed by atoms with van der Waals surface area (Å²) in [5.41, 5.74) is 7.86. The van der Waals surface area contributed by atoms with Crippen LogP contribution in [0.3, 0.4) is 0 Å². The standard InChI is InChI=1S/C15H14BrCl2NO2/c1-20-13-5-8(16)3-4-9(13)15(19)10-6-12(18)14(21-2)7-11(10)17/h3-7,15H,19H2,1-2H3. The lowest BCUT2D eigenvalue weighted by Crippen LogP contribution is -2.14. The van der Waals surface area contributed by atoms with E-state index in [9.17, 15) is 0 Å². The highest BCUT2D eigenvalue weighted by molar-refractivity contribution is 9.10. The van der Waals surface area contributed by atoms with E-state index in [1.54, 1.807) is 19.2 Å². The summed E-state index contributed by atoms with van der Waals surface area (Å²) in [6.07, 6.45) is 0. The zero-order chi connectivity index (χ0) is 15.6. The Labute approximate surface area is 142 Å². The lowest BCUT2D eigenvalue weighted by Gasteiger charge is -2.18. The van der Waals surface area contributed by atoms with Crippen molar-refractivity contribution in [3.05, 3.63) is 56.0 Å². The summed E-state index contributed by atoms with van der Waals surface area (Å²) in [7, 11) is 3.13. The first kappa shape index (κ1) is 16.4. The summed E-state index contributed by atoms with van der Waals surface area (Å²) in [4.78, 5) is 0. The highest BCUT2D eigenvalue weighted by atomic mass is 79.9. The van der Waals surface area contributed by atoms with Crippen LogP contribution in [0.5, 0.6) is 11.5 Å². The predicted molar refractivity (Wildman–Crippen MR) is 89.7 cm³/mol. The van der Waals surface area contributed by atoms with Crippen molar-refractivity contribution < 1.29 is 9.47 Å². The molecule has 0 aliphatic carbocycles. The Morgan fingerprint density at radius 1 is 0.952 bits per heavy atom. The molecule has 2 aromatic carbocycles. The lowest BCUT2D eigenvalue weighted by atomic mass is 9.98. The Balaban J connectivity index is 2.50. The predicted octanol–water partition coefficient (Wildman–Crippen LogP) is 4.82. The third-order valence-electron chi connectivity index (χ3n) is 3.14. The fourth-order valence-corrected chi connectivity index (χ4v) is 2.91. The van der Waals surface area contributed by atoms with Crippen molar-refractivity contribution in [2.45, 2.75) is 6.04 Å². The van der Waals surface area contributed by atoms with Crippen molar-refractivity contribution in [1.29, 1.82) is 0 Å². The number of halogens is 3. The molecule has 6 heteroatoms. The van der Waals surface area contributed by atoms with Crippen molar-refractivity contribution in [3.63, 3.8) is 0 Å². The molecular formula is C15H14BrCl2NO2. The van der Waals surface area contributed by atoms with Gasteiger partial charge in [0.2, 0.25) is 0 Å². The molecule has 0 fully saturated rings. The van der Waals surface area contributed by atoms with E-state index in [-0.39, 0.29) is 0 Å². The maximum absolute atomic E-state index is 6.32. The Morgan fingerprint density at radius 3 is 2.24 bits per heavy atom. The molecule has 112 valence electrons. The summed E-state index contributed by atoms with van der Waals surface area (Å²) in [6, 6.07) is 8.57. The molecule has 21 heavy (non-hydrogen) atoms. The van der Waals surface area contributed by atoms with Gasteiger partial charge in [-0.2, -0.15) is 0 Å². The molecule has 0 saturated heterocycles. The maximum Gasteiger partial charge on any atom is 0.138 e. The number of hydrogen-bond donors (Lipinski definition) is 1. The highest BCUT2D eigenvalue weighted by Gasteiger charge is 2.19. The molecule has 0 spiro atoms. The topological polar surface area (TPSA) is 44.5 Å². The van der Waals surface area contributed by atoms with E-state index in [0.29, 0.717) is 27.1 Å². The Hall–Kier alpha value is -0.940. The zero-order valence-corrected chi connectivity index (χ0v) is 14.6. The molecule has 2 N–H and O–H groups in total. The van der Waals surface area contributed by atoms with Gasteiger partial charge in [-0.25, -0.2) is 0 Å². The van der Waals surface area contributed by atoms with E-state index in [1.807, 2.05) is 18.2 Å².